The van der Waals surface area contributed by atoms with Crippen molar-refractivity contribution < 1.29 is 0 Å². The van der Waals surface area contributed by atoms with Crippen LogP contribution in [0.5, 0.6) is 0 Å². The third-order valence-corrected chi connectivity index (χ3v) is 5.11. The minimum Gasteiger partial charge on any atom is -0.195 e. The van der Waals surface area contributed by atoms with Crippen LogP contribution in [0, 0.1) is 0 Å². The molecule has 116 valence electrons. The Morgan fingerprint density at radius 1 is 1.17 bits per heavy atom. The fourth-order valence-electron chi connectivity index (χ4n) is 1.86. The predicted octanol–water partition coefficient (Wildman–Crippen LogP) is 4.87. The number of aromatic nitrogens is 3. The Labute approximate surface area is 151 Å². The lowest BCUT2D eigenvalue weighted by atomic mass is 10.2. The normalized spacial score (nSPS) is 11.2. The van der Waals surface area contributed by atoms with Crippen LogP contribution in [0.3, 0.4) is 0 Å². The highest BCUT2D eigenvalue weighted by atomic mass is 79.9. The summed E-state index contributed by atoms with van der Waals surface area (Å²) >= 11 is 11.2. The first-order valence-electron chi connectivity index (χ1n) is 6.79. The molecule has 0 aliphatic heterocycles. The van der Waals surface area contributed by atoms with Crippen molar-refractivity contribution in [1.82, 2.24) is 14.9 Å². The van der Waals surface area contributed by atoms with Crippen LogP contribution in [-0.4, -0.2) is 21.1 Å². The zero-order valence-electron chi connectivity index (χ0n) is 11.9. The van der Waals surface area contributed by atoms with E-state index in [2.05, 4.69) is 31.2 Å². The topological polar surface area (TPSA) is 43.1 Å². The fraction of sp³-hybridized carbons (Fsp3) is 0.0625. The van der Waals surface area contributed by atoms with Crippen LogP contribution in [-0.2, 0) is 5.75 Å². The van der Waals surface area contributed by atoms with Crippen molar-refractivity contribution in [2.75, 3.05) is 0 Å². The number of hydrogen-bond acceptors (Lipinski definition) is 4. The van der Waals surface area contributed by atoms with Gasteiger partial charge in [0.1, 0.15) is 6.33 Å². The van der Waals surface area contributed by atoms with Gasteiger partial charge in [0, 0.05) is 20.8 Å². The number of hydrogen-bond donors (Lipinski definition) is 0. The quantitative estimate of drug-likeness (QED) is 0.448. The summed E-state index contributed by atoms with van der Waals surface area (Å²) in [5.74, 6) is 0.711. The zero-order valence-corrected chi connectivity index (χ0v) is 15.1. The molecule has 0 amide bonds. The average molecular weight is 408 g/mol. The molecule has 0 aliphatic carbocycles. The lowest BCUT2D eigenvalue weighted by Gasteiger charge is -2.03. The van der Waals surface area contributed by atoms with Crippen molar-refractivity contribution in [3.8, 4) is 0 Å². The number of thioether (sulfide) groups is 1. The maximum absolute atomic E-state index is 6.17. The number of benzene rings is 2. The molecule has 4 nitrogen and oxygen atoms in total. The van der Waals surface area contributed by atoms with Crippen LogP contribution in [0.15, 0.2) is 69.6 Å². The van der Waals surface area contributed by atoms with E-state index in [4.69, 9.17) is 11.6 Å². The zero-order chi connectivity index (χ0) is 16.1. The Morgan fingerprint density at radius 3 is 2.78 bits per heavy atom. The van der Waals surface area contributed by atoms with Crippen molar-refractivity contribution in [2.45, 2.75) is 10.9 Å². The highest BCUT2D eigenvalue weighted by Crippen LogP contribution is 2.25. The van der Waals surface area contributed by atoms with Crippen molar-refractivity contribution in [2.24, 2.45) is 5.10 Å². The third kappa shape index (κ3) is 4.22. The monoisotopic (exact) mass is 406 g/mol. The smallest absolute Gasteiger partial charge is 0.195 e. The van der Waals surface area contributed by atoms with E-state index >= 15 is 0 Å². The Bertz CT molecular complexity index is 834. The van der Waals surface area contributed by atoms with Crippen LogP contribution in [0.25, 0.3) is 0 Å². The minimum atomic E-state index is 0.711. The van der Waals surface area contributed by atoms with Gasteiger partial charge >= 0.3 is 0 Å². The largest absolute Gasteiger partial charge is 0.212 e. The van der Waals surface area contributed by atoms with Gasteiger partial charge in [-0.05, 0) is 17.7 Å². The molecule has 0 radical (unpaired) electrons. The average Bonchev–Trinajstić information content (AvgIpc) is 3.01. The first-order valence-corrected chi connectivity index (χ1v) is 8.95. The number of nitrogens with zero attached hydrogens (tertiary/aromatic N) is 4. The van der Waals surface area contributed by atoms with Gasteiger partial charge in [-0.1, -0.05) is 75.7 Å². The molecule has 3 rings (SSSR count). The van der Waals surface area contributed by atoms with Gasteiger partial charge in [-0.25, -0.2) is 0 Å². The van der Waals surface area contributed by atoms with Crippen molar-refractivity contribution in [1.29, 1.82) is 0 Å². The van der Waals surface area contributed by atoms with Crippen LogP contribution >= 0.6 is 39.3 Å². The van der Waals surface area contributed by atoms with Gasteiger partial charge in [0.15, 0.2) is 0 Å². The maximum atomic E-state index is 6.17. The summed E-state index contributed by atoms with van der Waals surface area (Å²) in [5.41, 5.74) is 2.05. The molecular weight excluding hydrogens is 396 g/mol. The molecule has 2 aromatic carbocycles. The fourth-order valence-corrected chi connectivity index (χ4v) is 3.39. The van der Waals surface area contributed by atoms with Gasteiger partial charge in [-0.15, -0.1) is 10.2 Å². The highest BCUT2D eigenvalue weighted by Gasteiger charge is 2.06. The molecule has 0 aliphatic rings. The Morgan fingerprint density at radius 2 is 1.96 bits per heavy atom. The summed E-state index contributed by atoms with van der Waals surface area (Å²) in [6, 6.07) is 15.7. The van der Waals surface area contributed by atoms with E-state index in [0.717, 1.165) is 20.6 Å². The lowest BCUT2D eigenvalue weighted by molar-refractivity contribution is 0.767. The second-order valence-corrected chi connectivity index (χ2v) is 6.81. The van der Waals surface area contributed by atoms with E-state index in [1.165, 1.54) is 11.8 Å². The molecule has 0 bridgehead atoms. The Balaban J connectivity index is 1.73. The minimum absolute atomic E-state index is 0.711. The predicted molar refractivity (Wildman–Crippen MR) is 98.2 cm³/mol. The van der Waals surface area contributed by atoms with Crippen molar-refractivity contribution >= 4 is 45.5 Å². The summed E-state index contributed by atoms with van der Waals surface area (Å²) in [6.07, 6.45) is 3.36. The van der Waals surface area contributed by atoms with E-state index in [1.54, 1.807) is 17.2 Å². The molecule has 3 aromatic rings. The molecule has 0 N–H and O–H groups in total. The summed E-state index contributed by atoms with van der Waals surface area (Å²) < 4.78 is 2.64. The summed E-state index contributed by atoms with van der Waals surface area (Å²) in [6.45, 7) is 0. The molecule has 1 heterocycles. The summed E-state index contributed by atoms with van der Waals surface area (Å²) in [4.78, 5) is 0. The highest BCUT2D eigenvalue weighted by molar-refractivity contribution is 9.10. The van der Waals surface area contributed by atoms with Crippen LogP contribution in [0.2, 0.25) is 5.02 Å². The van der Waals surface area contributed by atoms with Crippen molar-refractivity contribution in [3.05, 3.63) is 75.5 Å². The van der Waals surface area contributed by atoms with Gasteiger partial charge in [-0.2, -0.15) is 9.78 Å². The third-order valence-electron chi connectivity index (χ3n) is 3.04. The van der Waals surface area contributed by atoms with Crippen LogP contribution in [0.1, 0.15) is 11.1 Å². The van der Waals surface area contributed by atoms with E-state index in [9.17, 15) is 0 Å². The van der Waals surface area contributed by atoms with Gasteiger partial charge in [0.2, 0.25) is 5.16 Å². The SMILES string of the molecule is Clc1ccccc1CSc1nncn1/N=C/c1ccccc1Br. The van der Waals surface area contributed by atoms with Crippen molar-refractivity contribution in [3.63, 3.8) is 0 Å². The standard InChI is InChI=1S/C16H12BrClN4S/c17-14-7-3-1-5-12(14)9-20-22-11-19-21-16(22)23-10-13-6-2-4-8-15(13)18/h1-9,11H,10H2/b20-9+. The lowest BCUT2D eigenvalue weighted by Crippen LogP contribution is -1.93. The first-order chi connectivity index (χ1) is 11.2. The van der Waals surface area contributed by atoms with Crippen LogP contribution < -0.4 is 0 Å². The summed E-state index contributed by atoms with van der Waals surface area (Å²) in [5, 5.41) is 13.9. The van der Waals surface area contributed by atoms with E-state index < -0.39 is 0 Å². The molecule has 0 unspecified atom stereocenters. The van der Waals surface area contributed by atoms with E-state index in [-0.39, 0.29) is 0 Å². The second kappa shape index (κ2) is 7.77. The molecule has 0 fully saturated rings. The molecule has 7 heteroatoms. The maximum Gasteiger partial charge on any atom is 0.212 e. The summed E-state index contributed by atoms with van der Waals surface area (Å²) in [7, 11) is 0. The molecular formula is C16H12BrClN4S. The van der Waals surface area contributed by atoms with E-state index in [0.29, 0.717) is 10.9 Å². The molecule has 1 aromatic heterocycles. The first kappa shape index (κ1) is 16.2. The van der Waals surface area contributed by atoms with Crippen LogP contribution in [0.4, 0.5) is 0 Å². The molecule has 23 heavy (non-hydrogen) atoms. The molecule has 0 saturated carbocycles. The number of rotatable bonds is 5. The van der Waals surface area contributed by atoms with Gasteiger partial charge in [0.05, 0.1) is 6.21 Å². The van der Waals surface area contributed by atoms with Gasteiger partial charge in [0.25, 0.3) is 0 Å². The van der Waals surface area contributed by atoms with Gasteiger partial charge < -0.3 is 0 Å². The number of halogens is 2. The molecule has 0 spiro atoms. The van der Waals surface area contributed by atoms with Gasteiger partial charge in [-0.3, -0.25) is 0 Å². The Hall–Kier alpha value is -1.63. The molecule has 0 atom stereocenters. The molecule has 0 saturated heterocycles. The second-order valence-electron chi connectivity index (χ2n) is 4.60. The van der Waals surface area contributed by atoms with E-state index in [1.807, 2.05) is 48.5 Å². The Kier molecular flexibility index (Phi) is 5.48.